The number of unbranched alkanes of at least 4 members (excludes halogenated alkanes) is 1. The molecule has 2 N–H and O–H groups in total. The molecule has 5 heteroatoms. The fourth-order valence-corrected chi connectivity index (χ4v) is 1.43. The van der Waals surface area contributed by atoms with Gasteiger partial charge in [-0.3, -0.25) is 9.59 Å². The lowest BCUT2D eigenvalue weighted by Gasteiger charge is -2.19. The van der Waals surface area contributed by atoms with E-state index in [0.717, 1.165) is 12.8 Å². The largest absolute Gasteiger partial charge is 0.370 e. The van der Waals surface area contributed by atoms with Crippen molar-refractivity contribution in [2.75, 3.05) is 13.6 Å². The molecule has 0 aromatic carbocycles. The van der Waals surface area contributed by atoms with Crippen LogP contribution in [-0.4, -0.2) is 41.6 Å². The Hall–Kier alpha value is -1.36. The van der Waals surface area contributed by atoms with Crippen LogP contribution in [0.4, 0.5) is 0 Å². The third kappa shape index (κ3) is 3.36. The quantitative estimate of drug-likeness (QED) is 0.610. The van der Waals surface area contributed by atoms with E-state index in [2.05, 4.69) is 5.32 Å². The van der Waals surface area contributed by atoms with Crippen LogP contribution in [0.1, 0.15) is 19.3 Å². The van der Waals surface area contributed by atoms with Gasteiger partial charge < -0.3 is 15.3 Å². The normalized spacial score (nSPS) is 19.7. The number of aliphatic hydroxyl groups is 1. The Morgan fingerprint density at radius 1 is 1.60 bits per heavy atom. The van der Waals surface area contributed by atoms with Crippen LogP contribution in [0.2, 0.25) is 0 Å². The monoisotopic (exact) mass is 212 g/mol. The Bertz CT molecular complexity index is 276. The number of aliphatic hydroxyl groups excluding tert-OH is 1. The summed E-state index contributed by atoms with van der Waals surface area (Å²) in [7, 11) is 1.60. The van der Waals surface area contributed by atoms with E-state index in [-0.39, 0.29) is 11.8 Å². The van der Waals surface area contributed by atoms with Gasteiger partial charge in [0.05, 0.1) is 0 Å². The lowest BCUT2D eigenvalue weighted by molar-refractivity contribution is -0.130. The van der Waals surface area contributed by atoms with Gasteiger partial charge in [0.15, 0.2) is 0 Å². The Labute approximate surface area is 88.8 Å². The average Bonchev–Trinajstić information content (AvgIpc) is 2.54. The number of nitrogens with zero attached hydrogens (tertiary/aromatic N) is 1. The molecular weight excluding hydrogens is 196 g/mol. The maximum absolute atomic E-state index is 11.2. The number of nitrogens with one attached hydrogen (secondary N) is 1. The van der Waals surface area contributed by atoms with Crippen molar-refractivity contribution in [3.63, 3.8) is 0 Å². The molecule has 0 saturated heterocycles. The molecule has 0 spiro atoms. The lowest BCUT2D eigenvalue weighted by Crippen LogP contribution is -2.34. The molecule has 15 heavy (non-hydrogen) atoms. The number of carbonyl (C=O) groups excluding carboxylic acids is 2. The summed E-state index contributed by atoms with van der Waals surface area (Å²) in [5.74, 6) is -0.163. The molecule has 0 aromatic heterocycles. The van der Waals surface area contributed by atoms with E-state index in [4.69, 9.17) is 0 Å². The minimum atomic E-state index is -0.794. The van der Waals surface area contributed by atoms with Gasteiger partial charge in [0.1, 0.15) is 6.23 Å². The third-order valence-corrected chi connectivity index (χ3v) is 2.35. The second-order valence-corrected chi connectivity index (χ2v) is 3.43. The van der Waals surface area contributed by atoms with Crippen molar-refractivity contribution in [2.45, 2.75) is 25.5 Å². The molecule has 0 saturated carbocycles. The van der Waals surface area contributed by atoms with E-state index in [1.54, 1.807) is 7.05 Å². The highest BCUT2D eigenvalue weighted by Crippen LogP contribution is 2.10. The van der Waals surface area contributed by atoms with Gasteiger partial charge in [-0.2, -0.15) is 0 Å². The number of hydrogen-bond acceptors (Lipinski definition) is 3. The van der Waals surface area contributed by atoms with Crippen LogP contribution in [0, 0.1) is 0 Å². The van der Waals surface area contributed by atoms with Crippen molar-refractivity contribution in [1.29, 1.82) is 0 Å². The highest BCUT2D eigenvalue weighted by atomic mass is 16.3. The summed E-state index contributed by atoms with van der Waals surface area (Å²) < 4.78 is 0. The average molecular weight is 212 g/mol. The van der Waals surface area contributed by atoms with Crippen molar-refractivity contribution in [1.82, 2.24) is 10.2 Å². The first-order valence-electron chi connectivity index (χ1n) is 5.02. The first-order chi connectivity index (χ1) is 7.15. The second kappa shape index (κ2) is 5.50. The van der Waals surface area contributed by atoms with E-state index in [9.17, 15) is 14.7 Å². The van der Waals surface area contributed by atoms with Crippen LogP contribution in [-0.2, 0) is 9.59 Å². The maximum atomic E-state index is 11.2. The zero-order valence-electron chi connectivity index (χ0n) is 8.77. The molecule has 0 bridgehead atoms. The van der Waals surface area contributed by atoms with Gasteiger partial charge in [-0.1, -0.05) is 0 Å². The Morgan fingerprint density at radius 3 is 2.87 bits per heavy atom. The third-order valence-electron chi connectivity index (χ3n) is 2.35. The Kier molecular flexibility index (Phi) is 4.30. The summed E-state index contributed by atoms with van der Waals surface area (Å²) in [6.07, 6.45) is 3.93. The molecule has 1 rings (SSSR count). The number of amides is 2. The van der Waals surface area contributed by atoms with Gasteiger partial charge in [0.2, 0.25) is 11.8 Å². The summed E-state index contributed by atoms with van der Waals surface area (Å²) in [6, 6.07) is 0. The predicted molar refractivity (Wildman–Crippen MR) is 54.8 cm³/mol. The van der Waals surface area contributed by atoms with Crippen LogP contribution >= 0.6 is 0 Å². The van der Waals surface area contributed by atoms with Gasteiger partial charge in [-0.25, -0.2) is 0 Å². The predicted octanol–water partition coefficient (Wildman–Crippen LogP) is -0.381. The standard InChI is InChI=1S/C10H16N2O3/c1-11-8(13)4-2-3-7-12-9(14)5-6-10(12)15/h5-6,9,14H,2-4,7H2,1H3,(H,11,13). The molecule has 0 aromatic rings. The van der Waals surface area contributed by atoms with E-state index in [1.165, 1.54) is 17.1 Å². The smallest absolute Gasteiger partial charge is 0.248 e. The van der Waals surface area contributed by atoms with Crippen molar-refractivity contribution in [2.24, 2.45) is 0 Å². The summed E-state index contributed by atoms with van der Waals surface area (Å²) in [5, 5.41) is 11.9. The minimum absolute atomic E-state index is 0.00132. The lowest BCUT2D eigenvalue weighted by atomic mass is 10.2. The first-order valence-corrected chi connectivity index (χ1v) is 5.02. The van der Waals surface area contributed by atoms with Gasteiger partial charge in [-0.15, -0.1) is 0 Å². The van der Waals surface area contributed by atoms with Crippen LogP contribution in [0.15, 0.2) is 12.2 Å². The summed E-state index contributed by atoms with van der Waals surface area (Å²) in [5.41, 5.74) is 0. The molecule has 1 unspecified atom stereocenters. The molecule has 0 aliphatic carbocycles. The van der Waals surface area contributed by atoms with Crippen LogP contribution in [0.3, 0.4) is 0 Å². The summed E-state index contributed by atoms with van der Waals surface area (Å²) in [6.45, 7) is 0.490. The van der Waals surface area contributed by atoms with E-state index in [0.29, 0.717) is 13.0 Å². The molecular formula is C10H16N2O3. The number of carbonyl (C=O) groups is 2. The highest BCUT2D eigenvalue weighted by molar-refractivity contribution is 5.90. The highest BCUT2D eigenvalue weighted by Gasteiger charge is 2.22. The first kappa shape index (κ1) is 11.7. The fraction of sp³-hybridized carbons (Fsp3) is 0.600. The molecule has 1 atom stereocenters. The van der Waals surface area contributed by atoms with Crippen molar-refractivity contribution < 1.29 is 14.7 Å². The second-order valence-electron chi connectivity index (χ2n) is 3.43. The SMILES string of the molecule is CNC(=O)CCCCN1C(=O)C=CC1O. The van der Waals surface area contributed by atoms with Crippen LogP contribution in [0.5, 0.6) is 0 Å². The molecule has 0 fully saturated rings. The minimum Gasteiger partial charge on any atom is -0.370 e. The van der Waals surface area contributed by atoms with Gasteiger partial charge >= 0.3 is 0 Å². The summed E-state index contributed by atoms with van der Waals surface area (Å²) >= 11 is 0. The Morgan fingerprint density at radius 2 is 2.33 bits per heavy atom. The van der Waals surface area contributed by atoms with Crippen molar-refractivity contribution in [3.05, 3.63) is 12.2 Å². The zero-order chi connectivity index (χ0) is 11.3. The molecule has 0 radical (unpaired) electrons. The molecule has 5 nitrogen and oxygen atoms in total. The summed E-state index contributed by atoms with van der Waals surface area (Å²) in [4.78, 5) is 23.4. The fourth-order valence-electron chi connectivity index (χ4n) is 1.43. The topological polar surface area (TPSA) is 69.6 Å². The van der Waals surface area contributed by atoms with Gasteiger partial charge in [0, 0.05) is 26.1 Å². The van der Waals surface area contributed by atoms with Crippen molar-refractivity contribution >= 4 is 11.8 Å². The van der Waals surface area contributed by atoms with Gasteiger partial charge in [0.25, 0.3) is 0 Å². The van der Waals surface area contributed by atoms with Crippen molar-refractivity contribution in [3.8, 4) is 0 Å². The van der Waals surface area contributed by atoms with E-state index >= 15 is 0 Å². The van der Waals surface area contributed by atoms with Gasteiger partial charge in [-0.05, 0) is 18.9 Å². The van der Waals surface area contributed by atoms with Crippen LogP contribution in [0.25, 0.3) is 0 Å². The number of hydrogen-bond donors (Lipinski definition) is 2. The molecule has 2 amide bonds. The van der Waals surface area contributed by atoms with Crippen LogP contribution < -0.4 is 5.32 Å². The Balaban J connectivity index is 2.15. The number of rotatable bonds is 5. The maximum Gasteiger partial charge on any atom is 0.248 e. The molecule has 1 aliphatic heterocycles. The zero-order valence-corrected chi connectivity index (χ0v) is 8.77. The molecule has 1 heterocycles. The molecule has 84 valence electrons. The van der Waals surface area contributed by atoms with E-state index < -0.39 is 6.23 Å². The van der Waals surface area contributed by atoms with E-state index in [1.807, 2.05) is 0 Å². The molecule has 1 aliphatic rings.